The van der Waals surface area contributed by atoms with E-state index in [0.717, 1.165) is 43.0 Å². The van der Waals surface area contributed by atoms with Gasteiger partial charge in [-0.25, -0.2) is 4.98 Å². The van der Waals surface area contributed by atoms with Crippen molar-refractivity contribution in [3.05, 3.63) is 22.4 Å². The van der Waals surface area contributed by atoms with Gasteiger partial charge in [0.25, 0.3) is 0 Å². The van der Waals surface area contributed by atoms with Crippen LogP contribution in [0.2, 0.25) is 0 Å². The monoisotopic (exact) mass is 327 g/mol. The number of fused-ring (bicyclic) bond motifs is 1. The van der Waals surface area contributed by atoms with E-state index in [4.69, 9.17) is 9.72 Å². The van der Waals surface area contributed by atoms with Gasteiger partial charge in [0.2, 0.25) is 0 Å². The minimum atomic E-state index is -0.178. The maximum Gasteiger partial charge on any atom is 0.147 e. The number of rotatable bonds is 3. The summed E-state index contributed by atoms with van der Waals surface area (Å²) in [5, 5.41) is 9.89. The molecule has 0 spiro atoms. The van der Waals surface area contributed by atoms with E-state index in [1.807, 2.05) is 0 Å². The third-order valence-corrected chi connectivity index (χ3v) is 5.06. The van der Waals surface area contributed by atoms with Crippen molar-refractivity contribution >= 4 is 5.82 Å². The Hall–Kier alpha value is -1.60. The number of nitriles is 1. The van der Waals surface area contributed by atoms with Gasteiger partial charge in [-0.15, -0.1) is 0 Å². The van der Waals surface area contributed by atoms with Gasteiger partial charge in [0.05, 0.1) is 23.5 Å². The summed E-state index contributed by atoms with van der Waals surface area (Å²) in [6.07, 6.45) is 5.40. The molecule has 0 bridgehead atoms. The second-order valence-electron chi connectivity index (χ2n) is 8.20. The Morgan fingerprint density at radius 2 is 1.96 bits per heavy atom. The number of piperidine rings is 1. The summed E-state index contributed by atoms with van der Waals surface area (Å²) in [4.78, 5) is 7.32. The molecule has 24 heavy (non-hydrogen) atoms. The number of pyridine rings is 1. The fourth-order valence-corrected chi connectivity index (χ4v) is 3.84. The van der Waals surface area contributed by atoms with Crippen LogP contribution in [0, 0.1) is 17.2 Å². The lowest BCUT2D eigenvalue weighted by atomic mass is 9.88. The molecule has 4 heteroatoms. The average molecular weight is 327 g/mol. The predicted octanol–water partition coefficient (Wildman–Crippen LogP) is 3.99. The quantitative estimate of drug-likeness (QED) is 0.842. The van der Waals surface area contributed by atoms with E-state index < -0.39 is 0 Å². The van der Waals surface area contributed by atoms with Crippen molar-refractivity contribution in [1.82, 2.24) is 4.98 Å². The minimum absolute atomic E-state index is 0.178. The van der Waals surface area contributed by atoms with Crippen LogP contribution in [-0.2, 0) is 24.2 Å². The van der Waals surface area contributed by atoms with Crippen molar-refractivity contribution in [2.24, 2.45) is 5.92 Å². The van der Waals surface area contributed by atoms with E-state index in [2.05, 4.69) is 38.7 Å². The SMILES string of the molecule is CC(C)Cc1c(C#N)c(N2CCCCC2)nc2c1COC(C)(C)C2. The van der Waals surface area contributed by atoms with E-state index in [1.54, 1.807) is 0 Å². The van der Waals surface area contributed by atoms with Crippen LogP contribution >= 0.6 is 0 Å². The smallest absolute Gasteiger partial charge is 0.147 e. The number of anilines is 1. The average Bonchev–Trinajstić information content (AvgIpc) is 2.53. The van der Waals surface area contributed by atoms with Crippen LogP contribution in [0.4, 0.5) is 5.82 Å². The van der Waals surface area contributed by atoms with Gasteiger partial charge in [0.15, 0.2) is 0 Å². The van der Waals surface area contributed by atoms with Gasteiger partial charge in [-0.1, -0.05) is 13.8 Å². The molecule has 0 atom stereocenters. The Labute approximate surface area is 145 Å². The highest BCUT2D eigenvalue weighted by Gasteiger charge is 2.32. The molecule has 0 unspecified atom stereocenters. The molecule has 2 aliphatic heterocycles. The molecule has 130 valence electrons. The Kier molecular flexibility index (Phi) is 4.83. The highest BCUT2D eigenvalue weighted by atomic mass is 16.5. The van der Waals surface area contributed by atoms with Crippen LogP contribution in [0.1, 0.15) is 69.3 Å². The summed E-state index contributed by atoms with van der Waals surface area (Å²) >= 11 is 0. The summed E-state index contributed by atoms with van der Waals surface area (Å²) in [5.74, 6) is 1.43. The normalized spacial score (nSPS) is 19.9. The zero-order valence-electron chi connectivity index (χ0n) is 15.5. The molecule has 3 rings (SSSR count). The molecule has 3 heterocycles. The highest BCUT2D eigenvalue weighted by Crippen LogP contribution is 2.35. The molecule has 0 aromatic carbocycles. The van der Waals surface area contributed by atoms with Crippen LogP contribution in [0.3, 0.4) is 0 Å². The second-order valence-corrected chi connectivity index (χ2v) is 8.20. The molecule has 0 saturated carbocycles. The lowest BCUT2D eigenvalue weighted by molar-refractivity contribution is -0.0416. The third kappa shape index (κ3) is 3.42. The molecule has 1 fully saturated rings. The van der Waals surface area contributed by atoms with Crippen molar-refractivity contribution < 1.29 is 4.74 Å². The van der Waals surface area contributed by atoms with Gasteiger partial charge in [0, 0.05) is 25.1 Å². The van der Waals surface area contributed by atoms with E-state index in [1.165, 1.54) is 30.4 Å². The van der Waals surface area contributed by atoms with Crippen LogP contribution in [0.5, 0.6) is 0 Å². The van der Waals surface area contributed by atoms with E-state index >= 15 is 0 Å². The zero-order chi connectivity index (χ0) is 17.3. The second kappa shape index (κ2) is 6.72. The summed E-state index contributed by atoms with van der Waals surface area (Å²) in [7, 11) is 0. The summed E-state index contributed by atoms with van der Waals surface area (Å²) < 4.78 is 6.04. The maximum absolute atomic E-state index is 9.89. The highest BCUT2D eigenvalue weighted by molar-refractivity contribution is 5.61. The van der Waals surface area contributed by atoms with E-state index in [0.29, 0.717) is 12.5 Å². The third-order valence-electron chi connectivity index (χ3n) is 5.06. The first-order chi connectivity index (χ1) is 11.4. The topological polar surface area (TPSA) is 49.2 Å². The lowest BCUT2D eigenvalue weighted by Crippen LogP contribution is -2.36. The van der Waals surface area contributed by atoms with Gasteiger partial charge < -0.3 is 9.64 Å². The standard InChI is InChI=1S/C20H29N3O/c1-14(2)10-15-16(12-21)19(23-8-6-5-7-9-23)22-18-11-20(3,4)24-13-17(15)18/h14H,5-11,13H2,1-4H3. The fourth-order valence-electron chi connectivity index (χ4n) is 3.84. The van der Waals surface area contributed by atoms with Gasteiger partial charge >= 0.3 is 0 Å². The van der Waals surface area contributed by atoms with E-state index in [-0.39, 0.29) is 5.60 Å². The number of nitrogens with zero attached hydrogens (tertiary/aromatic N) is 3. The van der Waals surface area contributed by atoms with Crippen LogP contribution in [0.25, 0.3) is 0 Å². The predicted molar refractivity (Wildman–Crippen MR) is 96.1 cm³/mol. The van der Waals surface area contributed by atoms with Crippen molar-refractivity contribution in [2.75, 3.05) is 18.0 Å². The number of aromatic nitrogens is 1. The largest absolute Gasteiger partial charge is 0.370 e. The Morgan fingerprint density at radius 3 is 2.58 bits per heavy atom. The van der Waals surface area contributed by atoms with Gasteiger partial charge in [0.1, 0.15) is 11.9 Å². The van der Waals surface area contributed by atoms with Gasteiger partial charge in [-0.3, -0.25) is 0 Å². The number of hydrogen-bond acceptors (Lipinski definition) is 4. The summed E-state index contributed by atoms with van der Waals surface area (Å²) in [6.45, 7) is 11.3. The minimum Gasteiger partial charge on any atom is -0.370 e. The Bertz CT molecular complexity index is 652. The zero-order valence-corrected chi connectivity index (χ0v) is 15.5. The number of hydrogen-bond donors (Lipinski definition) is 0. The van der Waals surface area contributed by atoms with Crippen molar-refractivity contribution in [3.8, 4) is 6.07 Å². The Morgan fingerprint density at radius 1 is 1.25 bits per heavy atom. The van der Waals surface area contributed by atoms with Crippen LogP contribution in [-0.4, -0.2) is 23.7 Å². The molecule has 1 aromatic rings. The van der Waals surface area contributed by atoms with Crippen LogP contribution < -0.4 is 4.90 Å². The van der Waals surface area contributed by atoms with Crippen molar-refractivity contribution in [1.29, 1.82) is 5.26 Å². The summed E-state index contributed by atoms with van der Waals surface area (Å²) in [5.41, 5.74) is 4.09. The Balaban J connectivity index is 2.13. The molecule has 1 aromatic heterocycles. The number of ether oxygens (including phenoxy) is 1. The molecule has 0 N–H and O–H groups in total. The first kappa shape index (κ1) is 17.2. The molecule has 0 aliphatic carbocycles. The van der Waals surface area contributed by atoms with E-state index in [9.17, 15) is 5.26 Å². The summed E-state index contributed by atoms with van der Waals surface area (Å²) in [6, 6.07) is 2.48. The van der Waals surface area contributed by atoms with Crippen molar-refractivity contribution in [3.63, 3.8) is 0 Å². The first-order valence-corrected chi connectivity index (χ1v) is 9.25. The first-order valence-electron chi connectivity index (χ1n) is 9.25. The van der Waals surface area contributed by atoms with Gasteiger partial charge in [-0.05, 0) is 51.0 Å². The molecule has 1 saturated heterocycles. The van der Waals surface area contributed by atoms with Crippen molar-refractivity contribution in [2.45, 2.75) is 72.0 Å². The van der Waals surface area contributed by atoms with Crippen LogP contribution in [0.15, 0.2) is 0 Å². The maximum atomic E-state index is 9.89. The molecule has 0 radical (unpaired) electrons. The molecular weight excluding hydrogens is 298 g/mol. The molecule has 4 nitrogen and oxygen atoms in total. The molecular formula is C20H29N3O. The lowest BCUT2D eigenvalue weighted by Gasteiger charge is -2.35. The molecule has 2 aliphatic rings. The fraction of sp³-hybridized carbons (Fsp3) is 0.700. The van der Waals surface area contributed by atoms with Gasteiger partial charge in [-0.2, -0.15) is 5.26 Å². The molecule has 0 amide bonds.